The lowest BCUT2D eigenvalue weighted by atomic mass is 9.94. The van der Waals surface area contributed by atoms with Crippen molar-refractivity contribution < 1.29 is 5.11 Å². The molecule has 1 saturated heterocycles. The minimum atomic E-state index is 0.270. The van der Waals surface area contributed by atoms with E-state index in [0.717, 1.165) is 51.4 Å². The smallest absolute Gasteiger partial charge is 0.0638 e. The Labute approximate surface area is 141 Å². The van der Waals surface area contributed by atoms with Crippen molar-refractivity contribution in [2.45, 2.75) is 60.2 Å². The van der Waals surface area contributed by atoms with Crippen LogP contribution >= 0.6 is 0 Å². The Morgan fingerprint density at radius 2 is 2.04 bits per heavy atom. The average Bonchev–Trinajstić information content (AvgIpc) is 2.81. The topological polar surface area (TPSA) is 44.5 Å². The van der Waals surface area contributed by atoms with Crippen LogP contribution in [0.25, 0.3) is 0 Å². The predicted molar refractivity (Wildman–Crippen MR) is 94.4 cm³/mol. The Morgan fingerprint density at radius 3 is 2.61 bits per heavy atom. The number of aliphatic hydroxyl groups is 1. The van der Waals surface area contributed by atoms with Crippen molar-refractivity contribution in [3.8, 4) is 0 Å². The van der Waals surface area contributed by atoms with E-state index in [2.05, 4.69) is 55.7 Å². The van der Waals surface area contributed by atoms with Crippen LogP contribution in [0, 0.1) is 12.3 Å². The number of rotatable bonds is 6. The fraction of sp³-hybridized carbons (Fsp3) is 0.833. The monoisotopic (exact) mass is 322 g/mol. The predicted octanol–water partition coefficient (Wildman–Crippen LogP) is 2.13. The van der Waals surface area contributed by atoms with Gasteiger partial charge in [-0.25, -0.2) is 0 Å². The molecule has 1 fully saturated rings. The van der Waals surface area contributed by atoms with Gasteiger partial charge in [0.15, 0.2) is 0 Å². The quantitative estimate of drug-likeness (QED) is 0.871. The summed E-state index contributed by atoms with van der Waals surface area (Å²) in [5, 5.41) is 14.0. The van der Waals surface area contributed by atoms with E-state index in [1.165, 1.54) is 5.56 Å². The van der Waals surface area contributed by atoms with Gasteiger partial charge in [-0.3, -0.25) is 14.5 Å². The first-order chi connectivity index (χ1) is 10.8. The second-order valence-corrected chi connectivity index (χ2v) is 8.03. The molecule has 0 aromatic carbocycles. The van der Waals surface area contributed by atoms with Crippen molar-refractivity contribution >= 4 is 0 Å². The molecule has 5 heteroatoms. The van der Waals surface area contributed by atoms with E-state index < -0.39 is 0 Å². The Balaban J connectivity index is 1.99. The van der Waals surface area contributed by atoms with Crippen molar-refractivity contribution in [2.24, 2.45) is 5.41 Å². The minimum absolute atomic E-state index is 0.270. The molecule has 0 spiro atoms. The first-order valence-corrected chi connectivity index (χ1v) is 8.92. The number of aryl methyl sites for hydroxylation is 2. The third-order valence-corrected chi connectivity index (χ3v) is 4.59. The number of aliphatic hydroxyl groups excluding tert-OH is 1. The van der Waals surface area contributed by atoms with Crippen molar-refractivity contribution in [3.63, 3.8) is 0 Å². The standard InChI is InChI=1S/C18H34N4O/c1-6-22-12-16(15(2)19-22)11-20-8-9-21(14-18(3,4)5)17(13-20)7-10-23/h12,17,23H,6-11,13-14H2,1-5H3/t17-/m1/s1. The number of piperazine rings is 1. The molecule has 0 saturated carbocycles. The van der Waals surface area contributed by atoms with Crippen molar-refractivity contribution in [3.05, 3.63) is 17.5 Å². The lowest BCUT2D eigenvalue weighted by Gasteiger charge is -2.43. The largest absolute Gasteiger partial charge is 0.396 e. The van der Waals surface area contributed by atoms with Crippen molar-refractivity contribution in [1.29, 1.82) is 0 Å². The molecule has 1 aliphatic rings. The Hall–Kier alpha value is -0.910. The highest BCUT2D eigenvalue weighted by atomic mass is 16.3. The normalized spacial score (nSPS) is 21.0. The molecule has 1 aliphatic heterocycles. The number of nitrogens with zero attached hydrogens (tertiary/aromatic N) is 4. The zero-order chi connectivity index (χ0) is 17.0. The van der Waals surface area contributed by atoms with Gasteiger partial charge in [0.25, 0.3) is 0 Å². The molecule has 1 aromatic heterocycles. The van der Waals surface area contributed by atoms with Gasteiger partial charge in [0.05, 0.1) is 5.69 Å². The van der Waals surface area contributed by atoms with Crippen molar-refractivity contribution in [1.82, 2.24) is 19.6 Å². The van der Waals surface area contributed by atoms with Crippen molar-refractivity contribution in [2.75, 3.05) is 32.8 Å². The third-order valence-electron chi connectivity index (χ3n) is 4.59. The summed E-state index contributed by atoms with van der Waals surface area (Å²) in [7, 11) is 0. The molecule has 5 nitrogen and oxygen atoms in total. The summed E-state index contributed by atoms with van der Waals surface area (Å²) in [6.07, 6.45) is 3.04. The average molecular weight is 322 g/mol. The molecule has 2 heterocycles. The van der Waals surface area contributed by atoms with Gasteiger partial charge in [0, 0.05) is 63.7 Å². The molecule has 0 unspecified atom stereocenters. The third kappa shape index (κ3) is 5.30. The Kier molecular flexibility index (Phi) is 6.23. The van der Waals surface area contributed by atoms with E-state index in [-0.39, 0.29) is 6.61 Å². The van der Waals surface area contributed by atoms with Crippen LogP contribution in [0.1, 0.15) is 45.4 Å². The van der Waals surface area contributed by atoms with Crippen LogP contribution in [0.5, 0.6) is 0 Å². The second kappa shape index (κ2) is 7.77. The molecule has 0 amide bonds. The lowest BCUT2D eigenvalue weighted by molar-refractivity contribution is 0.0339. The van der Waals surface area contributed by atoms with Gasteiger partial charge >= 0.3 is 0 Å². The molecule has 0 radical (unpaired) electrons. The molecular formula is C18H34N4O. The minimum Gasteiger partial charge on any atom is -0.396 e. The molecule has 2 rings (SSSR count). The summed E-state index contributed by atoms with van der Waals surface area (Å²) in [4.78, 5) is 5.08. The highest BCUT2D eigenvalue weighted by molar-refractivity contribution is 5.15. The highest BCUT2D eigenvalue weighted by Gasteiger charge is 2.29. The summed E-state index contributed by atoms with van der Waals surface area (Å²) in [6, 6.07) is 0.453. The molecule has 132 valence electrons. The number of hydrogen-bond acceptors (Lipinski definition) is 4. The Morgan fingerprint density at radius 1 is 1.30 bits per heavy atom. The molecule has 1 atom stereocenters. The number of hydrogen-bond donors (Lipinski definition) is 1. The van der Waals surface area contributed by atoms with E-state index in [9.17, 15) is 5.11 Å². The molecular weight excluding hydrogens is 288 g/mol. The summed E-state index contributed by atoms with van der Waals surface area (Å²) in [5.74, 6) is 0. The van der Waals surface area contributed by atoms with E-state index in [0.29, 0.717) is 11.5 Å². The van der Waals surface area contributed by atoms with Gasteiger partial charge < -0.3 is 5.11 Å². The molecule has 0 aliphatic carbocycles. The molecule has 0 bridgehead atoms. The van der Waals surface area contributed by atoms with Gasteiger partial charge in [-0.2, -0.15) is 5.10 Å². The SMILES string of the molecule is CCn1cc(CN2CCN(CC(C)(C)C)[C@H](CCO)C2)c(C)n1. The molecule has 1 N–H and O–H groups in total. The van der Waals surface area contributed by atoms with Gasteiger partial charge in [0.1, 0.15) is 0 Å². The zero-order valence-electron chi connectivity index (χ0n) is 15.5. The van der Waals surface area contributed by atoms with Crippen LogP contribution in [-0.2, 0) is 13.1 Å². The van der Waals surface area contributed by atoms with E-state index in [1.807, 2.05) is 4.68 Å². The van der Waals surface area contributed by atoms with E-state index in [4.69, 9.17) is 0 Å². The maximum Gasteiger partial charge on any atom is 0.0638 e. The summed E-state index contributed by atoms with van der Waals surface area (Å²) < 4.78 is 2.02. The Bertz CT molecular complexity index is 492. The summed E-state index contributed by atoms with van der Waals surface area (Å²) >= 11 is 0. The molecule has 23 heavy (non-hydrogen) atoms. The zero-order valence-corrected chi connectivity index (χ0v) is 15.5. The van der Waals surface area contributed by atoms with Gasteiger partial charge in [0.2, 0.25) is 0 Å². The first-order valence-electron chi connectivity index (χ1n) is 8.92. The van der Waals surface area contributed by atoms with Crippen LogP contribution < -0.4 is 0 Å². The first kappa shape index (κ1) is 18.4. The molecule has 1 aromatic rings. The van der Waals surface area contributed by atoms with Crippen LogP contribution in [0.2, 0.25) is 0 Å². The summed E-state index contributed by atoms with van der Waals surface area (Å²) in [6.45, 7) is 17.6. The lowest BCUT2D eigenvalue weighted by Crippen LogP contribution is -2.54. The van der Waals surface area contributed by atoms with Crippen LogP contribution in [-0.4, -0.2) is 63.5 Å². The maximum atomic E-state index is 9.43. The van der Waals surface area contributed by atoms with E-state index in [1.54, 1.807) is 0 Å². The number of aromatic nitrogens is 2. The van der Waals surface area contributed by atoms with Crippen LogP contribution in [0.4, 0.5) is 0 Å². The van der Waals surface area contributed by atoms with Crippen LogP contribution in [0.15, 0.2) is 6.20 Å². The van der Waals surface area contributed by atoms with E-state index >= 15 is 0 Å². The fourth-order valence-electron chi connectivity index (χ4n) is 3.46. The van der Waals surface area contributed by atoms with Crippen LogP contribution in [0.3, 0.4) is 0 Å². The summed E-state index contributed by atoms with van der Waals surface area (Å²) in [5.41, 5.74) is 2.77. The highest BCUT2D eigenvalue weighted by Crippen LogP contribution is 2.22. The second-order valence-electron chi connectivity index (χ2n) is 8.03. The van der Waals surface area contributed by atoms with Gasteiger partial charge in [-0.15, -0.1) is 0 Å². The maximum absolute atomic E-state index is 9.43. The van der Waals surface area contributed by atoms with Gasteiger partial charge in [-0.1, -0.05) is 20.8 Å². The van der Waals surface area contributed by atoms with Gasteiger partial charge in [-0.05, 0) is 25.7 Å². The fourth-order valence-corrected chi connectivity index (χ4v) is 3.46.